The van der Waals surface area contributed by atoms with Crippen molar-refractivity contribution >= 4 is 23.1 Å². The molecule has 126 valence electrons. The fourth-order valence-corrected chi connectivity index (χ4v) is 5.15. The molecule has 0 saturated carbocycles. The number of nitrogens with zero attached hydrogens (tertiary/aromatic N) is 2. The predicted octanol–water partition coefficient (Wildman–Crippen LogP) is 5.41. The van der Waals surface area contributed by atoms with Crippen LogP contribution in [0.1, 0.15) is 26.2 Å². The molecular weight excluding hydrogens is 312 g/mol. The molecule has 0 amide bonds. The molecule has 1 unspecified atom stereocenters. The normalized spacial score (nSPS) is 20.5. The number of hydrogen-bond donors (Lipinski definition) is 0. The smallest absolute Gasteiger partial charge is 0.0552 e. The monoisotopic (exact) mass is 338 g/mol. The zero-order valence-corrected chi connectivity index (χ0v) is 15.3. The van der Waals surface area contributed by atoms with E-state index < -0.39 is 0 Å². The number of piperidine rings is 1. The van der Waals surface area contributed by atoms with E-state index in [1.54, 1.807) is 0 Å². The summed E-state index contributed by atoms with van der Waals surface area (Å²) >= 11 is 1.90. The molecule has 2 nitrogen and oxygen atoms in total. The Morgan fingerprint density at radius 3 is 2.33 bits per heavy atom. The van der Waals surface area contributed by atoms with Crippen LogP contribution in [0.2, 0.25) is 0 Å². The molecule has 2 aromatic rings. The minimum absolute atomic E-state index is 0.759. The zero-order valence-electron chi connectivity index (χ0n) is 14.4. The second kappa shape index (κ2) is 7.20. The summed E-state index contributed by atoms with van der Waals surface area (Å²) in [5.74, 6) is 0.759. The highest BCUT2D eigenvalue weighted by Gasteiger charge is 2.27. The van der Waals surface area contributed by atoms with E-state index in [0.717, 1.165) is 12.5 Å². The number of hydrogen-bond acceptors (Lipinski definition) is 3. The van der Waals surface area contributed by atoms with Crippen molar-refractivity contribution in [1.82, 2.24) is 4.90 Å². The summed E-state index contributed by atoms with van der Waals surface area (Å²) in [5, 5.41) is 0. The van der Waals surface area contributed by atoms with Crippen LogP contribution in [0.25, 0.3) is 0 Å². The second-order valence-electron chi connectivity index (χ2n) is 6.96. The lowest BCUT2D eigenvalue weighted by atomic mass is 9.96. The Kier molecular flexibility index (Phi) is 4.81. The SMILES string of the molecule is CCCN1CCCC(CN2c3ccccc3Sc3ccccc32)C1. The number of benzene rings is 2. The highest BCUT2D eigenvalue weighted by Crippen LogP contribution is 2.48. The lowest BCUT2D eigenvalue weighted by Crippen LogP contribution is -2.40. The average Bonchev–Trinajstić information content (AvgIpc) is 2.62. The first-order valence-electron chi connectivity index (χ1n) is 9.21. The zero-order chi connectivity index (χ0) is 16.4. The maximum absolute atomic E-state index is 2.66. The van der Waals surface area contributed by atoms with Crippen molar-refractivity contribution < 1.29 is 0 Å². The van der Waals surface area contributed by atoms with Gasteiger partial charge in [-0.2, -0.15) is 0 Å². The van der Waals surface area contributed by atoms with Gasteiger partial charge >= 0.3 is 0 Å². The molecule has 0 spiro atoms. The average molecular weight is 339 g/mol. The van der Waals surface area contributed by atoms with Gasteiger partial charge in [0.2, 0.25) is 0 Å². The van der Waals surface area contributed by atoms with Gasteiger partial charge in [0.1, 0.15) is 0 Å². The predicted molar refractivity (Wildman–Crippen MR) is 103 cm³/mol. The maximum Gasteiger partial charge on any atom is 0.0552 e. The Morgan fingerprint density at radius 1 is 1.00 bits per heavy atom. The van der Waals surface area contributed by atoms with Crippen molar-refractivity contribution in [2.24, 2.45) is 5.92 Å². The number of anilines is 2. The Balaban J connectivity index is 1.60. The standard InChI is InChI=1S/C21H26N2S/c1-2-13-22-14-7-8-17(15-22)16-23-18-9-3-5-11-20(18)24-21-12-6-4-10-19(21)23/h3-6,9-12,17H,2,7-8,13-16H2,1H3. The van der Waals surface area contributed by atoms with E-state index in [2.05, 4.69) is 65.3 Å². The third-order valence-electron chi connectivity index (χ3n) is 5.12. The fraction of sp³-hybridized carbons (Fsp3) is 0.429. The minimum atomic E-state index is 0.759. The summed E-state index contributed by atoms with van der Waals surface area (Å²) in [6.45, 7) is 7.21. The number of para-hydroxylation sites is 2. The molecule has 0 aromatic heterocycles. The van der Waals surface area contributed by atoms with Crippen molar-refractivity contribution in [3.8, 4) is 0 Å². The largest absolute Gasteiger partial charge is 0.339 e. The molecule has 4 rings (SSSR count). The van der Waals surface area contributed by atoms with Crippen LogP contribution >= 0.6 is 11.8 Å². The van der Waals surface area contributed by atoms with Gasteiger partial charge in [0.25, 0.3) is 0 Å². The molecule has 1 saturated heterocycles. The van der Waals surface area contributed by atoms with Crippen molar-refractivity contribution in [3.63, 3.8) is 0 Å². The van der Waals surface area contributed by atoms with E-state index in [1.807, 2.05) is 11.8 Å². The fourth-order valence-electron chi connectivity index (χ4n) is 4.06. The van der Waals surface area contributed by atoms with E-state index in [0.29, 0.717) is 0 Å². The molecule has 3 heteroatoms. The summed E-state index contributed by atoms with van der Waals surface area (Å²) in [4.78, 5) is 8.00. The summed E-state index contributed by atoms with van der Waals surface area (Å²) in [6, 6.07) is 17.7. The number of likely N-dealkylation sites (tertiary alicyclic amines) is 1. The van der Waals surface area contributed by atoms with E-state index in [1.165, 1.54) is 60.1 Å². The molecule has 0 bridgehead atoms. The van der Waals surface area contributed by atoms with Crippen LogP contribution in [-0.4, -0.2) is 31.1 Å². The molecule has 2 aromatic carbocycles. The first-order chi connectivity index (χ1) is 11.8. The van der Waals surface area contributed by atoms with Gasteiger partial charge in [0, 0.05) is 22.9 Å². The van der Waals surface area contributed by atoms with Crippen LogP contribution in [0, 0.1) is 5.92 Å². The Hall–Kier alpha value is -1.45. The Bertz CT molecular complexity index is 652. The molecule has 24 heavy (non-hydrogen) atoms. The molecule has 2 heterocycles. The molecule has 0 aliphatic carbocycles. The van der Waals surface area contributed by atoms with Crippen LogP contribution in [0.4, 0.5) is 11.4 Å². The molecule has 1 fully saturated rings. The molecule has 2 aliphatic heterocycles. The highest BCUT2D eigenvalue weighted by atomic mass is 32.2. The summed E-state index contributed by atoms with van der Waals surface area (Å²) in [7, 11) is 0. The lowest BCUT2D eigenvalue weighted by molar-refractivity contribution is 0.178. The van der Waals surface area contributed by atoms with E-state index in [9.17, 15) is 0 Å². The van der Waals surface area contributed by atoms with Gasteiger partial charge in [-0.3, -0.25) is 0 Å². The van der Waals surface area contributed by atoms with Crippen molar-refractivity contribution in [1.29, 1.82) is 0 Å². The highest BCUT2D eigenvalue weighted by molar-refractivity contribution is 7.99. The topological polar surface area (TPSA) is 6.48 Å². The first kappa shape index (κ1) is 16.0. The minimum Gasteiger partial charge on any atom is -0.339 e. The Morgan fingerprint density at radius 2 is 1.67 bits per heavy atom. The quantitative estimate of drug-likeness (QED) is 0.736. The van der Waals surface area contributed by atoms with Crippen molar-refractivity contribution in [3.05, 3.63) is 48.5 Å². The van der Waals surface area contributed by atoms with Crippen LogP contribution in [0.5, 0.6) is 0 Å². The Labute approximate surface area is 149 Å². The maximum atomic E-state index is 2.66. The van der Waals surface area contributed by atoms with E-state index in [4.69, 9.17) is 0 Å². The molecular formula is C21H26N2S. The molecule has 0 radical (unpaired) electrons. The van der Waals surface area contributed by atoms with Crippen LogP contribution in [-0.2, 0) is 0 Å². The molecule has 2 aliphatic rings. The third-order valence-corrected chi connectivity index (χ3v) is 6.25. The van der Waals surface area contributed by atoms with Crippen molar-refractivity contribution in [2.75, 3.05) is 31.1 Å². The van der Waals surface area contributed by atoms with Gasteiger partial charge in [-0.05, 0) is 62.5 Å². The lowest BCUT2D eigenvalue weighted by Gasteiger charge is -2.39. The van der Waals surface area contributed by atoms with Crippen LogP contribution in [0.3, 0.4) is 0 Å². The summed E-state index contributed by atoms with van der Waals surface area (Å²) in [5.41, 5.74) is 2.77. The number of fused-ring (bicyclic) bond motifs is 2. The molecule has 0 N–H and O–H groups in total. The third kappa shape index (κ3) is 3.20. The second-order valence-corrected chi connectivity index (χ2v) is 8.04. The summed E-state index contributed by atoms with van der Waals surface area (Å²) < 4.78 is 0. The van der Waals surface area contributed by atoms with Gasteiger partial charge in [-0.1, -0.05) is 43.0 Å². The van der Waals surface area contributed by atoms with E-state index in [-0.39, 0.29) is 0 Å². The van der Waals surface area contributed by atoms with Gasteiger partial charge in [0.05, 0.1) is 11.4 Å². The van der Waals surface area contributed by atoms with Crippen LogP contribution in [0.15, 0.2) is 58.3 Å². The van der Waals surface area contributed by atoms with E-state index >= 15 is 0 Å². The van der Waals surface area contributed by atoms with Gasteiger partial charge in [-0.15, -0.1) is 0 Å². The van der Waals surface area contributed by atoms with Gasteiger partial charge < -0.3 is 9.80 Å². The van der Waals surface area contributed by atoms with Crippen LogP contribution < -0.4 is 4.90 Å². The van der Waals surface area contributed by atoms with Gasteiger partial charge in [-0.25, -0.2) is 0 Å². The molecule has 1 atom stereocenters. The van der Waals surface area contributed by atoms with Crippen molar-refractivity contribution in [2.45, 2.75) is 36.0 Å². The first-order valence-corrected chi connectivity index (χ1v) is 10.0. The van der Waals surface area contributed by atoms with Gasteiger partial charge in [0.15, 0.2) is 0 Å². The number of rotatable bonds is 4. The summed E-state index contributed by atoms with van der Waals surface area (Å²) in [6.07, 6.45) is 3.96.